The molecule has 1 aromatic heterocycles. The van der Waals surface area contributed by atoms with Crippen LogP contribution in [0.1, 0.15) is 29.8 Å². The van der Waals surface area contributed by atoms with Crippen LogP contribution in [0.3, 0.4) is 0 Å². The van der Waals surface area contributed by atoms with Crippen LogP contribution < -0.4 is 0 Å². The van der Waals surface area contributed by atoms with E-state index in [1.165, 1.54) is 0 Å². The first-order chi connectivity index (χ1) is 7.70. The zero-order valence-electron chi connectivity index (χ0n) is 9.72. The van der Waals surface area contributed by atoms with Gasteiger partial charge in [0.1, 0.15) is 11.1 Å². The molecule has 0 radical (unpaired) electrons. The fraction of sp³-hybridized carbons (Fsp3) is 0.727. The van der Waals surface area contributed by atoms with Gasteiger partial charge < -0.3 is 9.84 Å². The third-order valence-corrected chi connectivity index (χ3v) is 3.91. The average Bonchev–Trinajstić information content (AvgIpc) is 2.77. The van der Waals surface area contributed by atoms with Crippen molar-refractivity contribution in [3.05, 3.63) is 16.1 Å². The number of aliphatic hydroxyl groups is 1. The molecule has 2 rings (SSSR count). The first kappa shape index (κ1) is 12.0. The summed E-state index contributed by atoms with van der Waals surface area (Å²) in [7, 11) is 0. The van der Waals surface area contributed by atoms with E-state index in [4.69, 9.17) is 9.84 Å². The number of morpholine rings is 1. The molecule has 1 aliphatic heterocycles. The van der Waals surface area contributed by atoms with Crippen molar-refractivity contribution in [3.63, 3.8) is 0 Å². The zero-order chi connectivity index (χ0) is 11.5. The Kier molecular flexibility index (Phi) is 3.91. The fourth-order valence-corrected chi connectivity index (χ4v) is 2.65. The van der Waals surface area contributed by atoms with Gasteiger partial charge >= 0.3 is 0 Å². The Bertz CT molecular complexity index is 340. The van der Waals surface area contributed by atoms with Gasteiger partial charge in [-0.1, -0.05) is 0 Å². The summed E-state index contributed by atoms with van der Waals surface area (Å²) in [6, 6.07) is 0.545. The van der Waals surface area contributed by atoms with Crippen molar-refractivity contribution in [1.29, 1.82) is 0 Å². The molecule has 1 N–H and O–H groups in total. The molecule has 90 valence electrons. The monoisotopic (exact) mass is 242 g/mol. The highest BCUT2D eigenvalue weighted by Gasteiger charge is 2.25. The molecule has 1 unspecified atom stereocenters. The van der Waals surface area contributed by atoms with Gasteiger partial charge in [0.15, 0.2) is 0 Å². The summed E-state index contributed by atoms with van der Waals surface area (Å²) in [4.78, 5) is 7.61. The van der Waals surface area contributed by atoms with E-state index in [2.05, 4.69) is 23.7 Å². The van der Waals surface area contributed by atoms with Crippen molar-refractivity contribution in [2.75, 3.05) is 19.7 Å². The maximum absolute atomic E-state index is 9.01. The van der Waals surface area contributed by atoms with Crippen molar-refractivity contribution < 1.29 is 9.84 Å². The molecule has 16 heavy (non-hydrogen) atoms. The molecular weight excluding hydrogens is 224 g/mol. The largest absolute Gasteiger partial charge is 0.391 e. The number of nitrogens with zero attached hydrogens (tertiary/aromatic N) is 2. The summed E-state index contributed by atoms with van der Waals surface area (Å²) in [5.74, 6) is 0. The molecule has 0 aliphatic carbocycles. The minimum atomic E-state index is 0.0677. The molecular formula is C11H18N2O2S. The number of aliphatic hydroxyl groups excluding tert-OH is 1. The third kappa shape index (κ3) is 2.60. The van der Waals surface area contributed by atoms with Crippen molar-refractivity contribution in [1.82, 2.24) is 9.88 Å². The van der Waals surface area contributed by atoms with Crippen LogP contribution in [0.15, 0.2) is 6.20 Å². The van der Waals surface area contributed by atoms with E-state index in [0.29, 0.717) is 6.04 Å². The number of thiazole rings is 1. The number of aromatic nitrogens is 1. The van der Waals surface area contributed by atoms with Crippen LogP contribution in [0.5, 0.6) is 0 Å². The molecule has 2 heterocycles. The van der Waals surface area contributed by atoms with Gasteiger partial charge in [0.05, 0.1) is 18.1 Å². The fourth-order valence-electron chi connectivity index (χ4n) is 1.83. The van der Waals surface area contributed by atoms with E-state index >= 15 is 0 Å². The standard InChI is InChI=1S/C11H18N2O2S/c1-8(2)13-3-4-15-10(6-13)11-12-5-9(7-14)16-11/h5,8,10,14H,3-4,6-7H2,1-2H3. The summed E-state index contributed by atoms with van der Waals surface area (Å²) in [6.07, 6.45) is 1.80. The van der Waals surface area contributed by atoms with Gasteiger partial charge in [-0.15, -0.1) is 11.3 Å². The van der Waals surface area contributed by atoms with Crippen LogP contribution in [0, 0.1) is 0 Å². The van der Waals surface area contributed by atoms with Gasteiger partial charge in [-0.05, 0) is 13.8 Å². The van der Waals surface area contributed by atoms with Gasteiger partial charge in [0, 0.05) is 25.3 Å². The quantitative estimate of drug-likeness (QED) is 0.870. The molecule has 5 heteroatoms. The summed E-state index contributed by atoms with van der Waals surface area (Å²) in [5, 5.41) is 9.99. The lowest BCUT2D eigenvalue weighted by molar-refractivity contribution is -0.0402. The number of hydrogen-bond acceptors (Lipinski definition) is 5. The van der Waals surface area contributed by atoms with Crippen LogP contribution in [-0.4, -0.2) is 40.7 Å². The smallest absolute Gasteiger partial charge is 0.123 e. The summed E-state index contributed by atoms with van der Waals surface area (Å²) in [5.41, 5.74) is 0. The topological polar surface area (TPSA) is 45.6 Å². The second-order valence-corrected chi connectivity index (χ2v) is 5.42. The van der Waals surface area contributed by atoms with Gasteiger partial charge in [0.25, 0.3) is 0 Å². The lowest BCUT2D eigenvalue weighted by Crippen LogP contribution is -2.42. The minimum absolute atomic E-state index is 0.0677. The molecule has 1 aromatic rings. The van der Waals surface area contributed by atoms with Gasteiger partial charge in [-0.3, -0.25) is 4.90 Å². The minimum Gasteiger partial charge on any atom is -0.391 e. The molecule has 0 amide bonds. The second kappa shape index (κ2) is 5.23. The van der Waals surface area contributed by atoms with Crippen LogP contribution in [0.4, 0.5) is 0 Å². The Morgan fingerprint density at radius 2 is 2.50 bits per heavy atom. The lowest BCUT2D eigenvalue weighted by Gasteiger charge is -2.34. The van der Waals surface area contributed by atoms with E-state index in [1.807, 2.05) is 0 Å². The summed E-state index contributed by atoms with van der Waals surface area (Å²) in [6.45, 7) is 7.12. The summed E-state index contributed by atoms with van der Waals surface area (Å²) < 4.78 is 5.73. The van der Waals surface area contributed by atoms with Crippen LogP contribution >= 0.6 is 11.3 Å². The maximum atomic E-state index is 9.01. The van der Waals surface area contributed by atoms with E-state index in [9.17, 15) is 0 Å². The third-order valence-electron chi connectivity index (χ3n) is 2.83. The Morgan fingerprint density at radius 1 is 1.69 bits per heavy atom. The average molecular weight is 242 g/mol. The highest BCUT2D eigenvalue weighted by atomic mass is 32.1. The Balaban J connectivity index is 2.03. The predicted molar refractivity (Wildman–Crippen MR) is 63.4 cm³/mol. The molecule has 1 atom stereocenters. The molecule has 1 fully saturated rings. The van der Waals surface area contributed by atoms with Crippen molar-refractivity contribution >= 4 is 11.3 Å². The van der Waals surface area contributed by atoms with Crippen LogP contribution in [-0.2, 0) is 11.3 Å². The molecule has 1 saturated heterocycles. The molecule has 0 spiro atoms. The predicted octanol–water partition coefficient (Wildman–Crippen LogP) is 1.42. The van der Waals surface area contributed by atoms with E-state index in [0.717, 1.165) is 29.6 Å². The Morgan fingerprint density at radius 3 is 3.12 bits per heavy atom. The number of ether oxygens (including phenoxy) is 1. The SMILES string of the molecule is CC(C)N1CCOC(c2ncc(CO)s2)C1. The van der Waals surface area contributed by atoms with Gasteiger partial charge in [-0.2, -0.15) is 0 Å². The lowest BCUT2D eigenvalue weighted by atomic mass is 10.2. The number of rotatable bonds is 3. The first-order valence-corrected chi connectivity index (χ1v) is 6.43. The summed E-state index contributed by atoms with van der Waals surface area (Å²) >= 11 is 1.54. The van der Waals surface area contributed by atoms with E-state index in [-0.39, 0.29) is 12.7 Å². The second-order valence-electron chi connectivity index (χ2n) is 4.27. The molecule has 0 saturated carbocycles. The molecule has 4 nitrogen and oxygen atoms in total. The van der Waals surface area contributed by atoms with Gasteiger partial charge in [-0.25, -0.2) is 4.98 Å². The molecule has 1 aliphatic rings. The Labute approximate surface area is 99.9 Å². The Hall–Kier alpha value is -0.490. The van der Waals surface area contributed by atoms with Crippen molar-refractivity contribution in [3.8, 4) is 0 Å². The highest BCUT2D eigenvalue weighted by molar-refractivity contribution is 7.11. The molecule has 0 aromatic carbocycles. The normalized spacial score (nSPS) is 22.9. The van der Waals surface area contributed by atoms with Gasteiger partial charge in [0.2, 0.25) is 0 Å². The maximum Gasteiger partial charge on any atom is 0.123 e. The number of hydrogen-bond donors (Lipinski definition) is 1. The first-order valence-electron chi connectivity index (χ1n) is 5.62. The van der Waals surface area contributed by atoms with E-state index < -0.39 is 0 Å². The zero-order valence-corrected chi connectivity index (χ0v) is 10.5. The van der Waals surface area contributed by atoms with Crippen molar-refractivity contribution in [2.45, 2.75) is 32.6 Å². The van der Waals surface area contributed by atoms with Crippen LogP contribution in [0.25, 0.3) is 0 Å². The highest BCUT2D eigenvalue weighted by Crippen LogP contribution is 2.27. The molecule has 0 bridgehead atoms. The van der Waals surface area contributed by atoms with Crippen LogP contribution in [0.2, 0.25) is 0 Å². The van der Waals surface area contributed by atoms with Crippen molar-refractivity contribution in [2.24, 2.45) is 0 Å². The van der Waals surface area contributed by atoms with E-state index in [1.54, 1.807) is 17.5 Å².